The Morgan fingerprint density at radius 2 is 1.88 bits per heavy atom. The minimum Gasteiger partial charge on any atom is -0.733 e. The molecule has 0 atom stereocenters. The van der Waals surface area contributed by atoms with Crippen LogP contribution in [0.4, 0.5) is 5.69 Å². The number of rotatable bonds is 5. The van der Waals surface area contributed by atoms with E-state index in [1.165, 1.54) is 26.4 Å². The van der Waals surface area contributed by atoms with Gasteiger partial charge in [0.2, 0.25) is 0 Å². The Morgan fingerprint density at radius 1 is 1.35 bits per heavy atom. The Kier molecular flexibility index (Phi) is 4.13. The number of anilines is 1. The van der Waals surface area contributed by atoms with Crippen LogP contribution < -0.4 is 14.7 Å². The molecule has 1 aromatic carbocycles. The topological polar surface area (TPSA) is 102 Å². The average Bonchev–Trinajstić information content (AvgIpc) is 2.27. The first-order chi connectivity index (χ1) is 7.99. The Balaban J connectivity index is 3.29. The maximum atomic E-state index is 10.9. The predicted octanol–water partition coefficient (Wildman–Crippen LogP) is 1.02. The van der Waals surface area contributed by atoms with Gasteiger partial charge in [0.25, 0.3) is 0 Å². The molecule has 0 aliphatic carbocycles. The molecule has 0 fully saturated rings. The normalized spacial score (nSPS) is 9.88. The molecule has 0 radical (unpaired) electrons. The number of carboxylic acids is 1. The zero-order valence-electron chi connectivity index (χ0n) is 9.34. The van der Waals surface area contributed by atoms with Crippen LogP contribution in [-0.2, 0) is 11.2 Å². The van der Waals surface area contributed by atoms with E-state index in [-0.39, 0.29) is 22.7 Å². The van der Waals surface area contributed by atoms with E-state index in [2.05, 4.69) is 0 Å². The van der Waals surface area contributed by atoms with Crippen molar-refractivity contribution in [2.75, 3.05) is 19.4 Å². The molecule has 0 spiro atoms. The van der Waals surface area contributed by atoms with Gasteiger partial charge in [-0.1, -0.05) is 0 Å². The van der Waals surface area contributed by atoms with E-state index in [0.29, 0.717) is 0 Å². The van der Waals surface area contributed by atoms with Gasteiger partial charge in [-0.05, 0) is 11.6 Å². The number of aliphatic carboxylic acids is 1. The quantitative estimate of drug-likeness (QED) is 0.743. The molecule has 7 nitrogen and oxygen atoms in total. The molecule has 94 valence electrons. The Labute approximate surface area is 97.3 Å². The highest BCUT2D eigenvalue weighted by Crippen LogP contribution is 2.34. The van der Waals surface area contributed by atoms with Crippen molar-refractivity contribution in [2.45, 2.75) is 6.42 Å². The molecule has 0 saturated heterocycles. The molecule has 1 aromatic rings. The van der Waals surface area contributed by atoms with Crippen LogP contribution in [0.3, 0.4) is 0 Å². The van der Waals surface area contributed by atoms with E-state index in [0.717, 1.165) is 0 Å². The van der Waals surface area contributed by atoms with Crippen molar-refractivity contribution in [3.8, 4) is 11.5 Å². The van der Waals surface area contributed by atoms with Crippen LogP contribution in [0.2, 0.25) is 0 Å². The standard InChI is InChI=1S/C10H12NO6/c1-16-8-3-6(4-10(12)13)7(11(14)15)5-9(8)17-2/h3,5,14H,4H2,1-2H3,(H,12,13)/q-1. The van der Waals surface area contributed by atoms with Crippen LogP contribution in [-0.4, -0.2) is 30.5 Å². The van der Waals surface area contributed by atoms with Gasteiger partial charge in [-0.25, -0.2) is 0 Å². The van der Waals surface area contributed by atoms with Gasteiger partial charge in [0.05, 0.1) is 26.3 Å². The van der Waals surface area contributed by atoms with Crippen LogP contribution in [0, 0.1) is 5.21 Å². The maximum Gasteiger partial charge on any atom is 0.307 e. The second-order valence-corrected chi connectivity index (χ2v) is 3.18. The number of methoxy groups -OCH3 is 2. The van der Waals surface area contributed by atoms with E-state index in [1.54, 1.807) is 0 Å². The Hall–Kier alpha value is -1.99. The molecule has 1 rings (SSSR count). The highest BCUT2D eigenvalue weighted by molar-refractivity contribution is 5.75. The maximum absolute atomic E-state index is 10.9. The van der Waals surface area contributed by atoms with Gasteiger partial charge in [0.1, 0.15) is 0 Å². The van der Waals surface area contributed by atoms with Gasteiger partial charge in [0.15, 0.2) is 11.5 Å². The number of carboxylic acid groups (broad SMARTS) is 1. The van der Waals surface area contributed by atoms with E-state index >= 15 is 0 Å². The molecule has 0 amide bonds. The van der Waals surface area contributed by atoms with Crippen molar-refractivity contribution in [3.63, 3.8) is 0 Å². The molecule has 0 saturated carbocycles. The molecular formula is C10H12NO6-. The fraction of sp³-hybridized carbons (Fsp3) is 0.300. The zero-order valence-corrected chi connectivity index (χ0v) is 9.34. The molecule has 7 heteroatoms. The molecule has 0 aliphatic heterocycles. The fourth-order valence-corrected chi connectivity index (χ4v) is 1.39. The molecule has 0 heterocycles. The molecule has 0 bridgehead atoms. The lowest BCUT2D eigenvalue weighted by molar-refractivity contribution is -0.136. The zero-order chi connectivity index (χ0) is 13.0. The third-order valence-electron chi connectivity index (χ3n) is 2.13. The number of carbonyl (C=O) groups is 1. The van der Waals surface area contributed by atoms with Crippen LogP contribution in [0.25, 0.3) is 0 Å². The van der Waals surface area contributed by atoms with Crippen molar-refractivity contribution < 1.29 is 24.6 Å². The van der Waals surface area contributed by atoms with Crippen molar-refractivity contribution in [3.05, 3.63) is 22.9 Å². The smallest absolute Gasteiger partial charge is 0.307 e. The second kappa shape index (κ2) is 5.37. The summed E-state index contributed by atoms with van der Waals surface area (Å²) in [5.74, 6) is -0.610. The van der Waals surface area contributed by atoms with Crippen molar-refractivity contribution in [1.29, 1.82) is 0 Å². The summed E-state index contributed by atoms with van der Waals surface area (Å²) >= 11 is 0. The lowest BCUT2D eigenvalue weighted by Gasteiger charge is -2.25. The largest absolute Gasteiger partial charge is 0.733 e. The third-order valence-corrected chi connectivity index (χ3v) is 2.13. The van der Waals surface area contributed by atoms with Gasteiger partial charge in [-0.2, -0.15) is 0 Å². The number of benzene rings is 1. The Bertz CT molecular complexity index is 418. The van der Waals surface area contributed by atoms with E-state index in [9.17, 15) is 10.0 Å². The number of nitrogens with zero attached hydrogens (tertiary/aromatic N) is 1. The lowest BCUT2D eigenvalue weighted by atomic mass is 10.1. The molecule has 0 aromatic heterocycles. The van der Waals surface area contributed by atoms with Gasteiger partial charge >= 0.3 is 5.97 Å². The van der Waals surface area contributed by atoms with Gasteiger partial charge < -0.3 is 25.0 Å². The van der Waals surface area contributed by atoms with Crippen molar-refractivity contribution in [2.24, 2.45) is 0 Å². The summed E-state index contributed by atoms with van der Waals surface area (Å²) in [5, 5.41) is 28.1. The summed E-state index contributed by atoms with van der Waals surface area (Å²) in [7, 11) is 2.75. The molecule has 0 aliphatic rings. The van der Waals surface area contributed by atoms with Crippen LogP contribution in [0.5, 0.6) is 11.5 Å². The van der Waals surface area contributed by atoms with E-state index < -0.39 is 17.6 Å². The first-order valence-corrected chi connectivity index (χ1v) is 4.62. The molecule has 17 heavy (non-hydrogen) atoms. The van der Waals surface area contributed by atoms with E-state index in [1.807, 2.05) is 0 Å². The third kappa shape index (κ3) is 2.99. The number of ether oxygens (including phenoxy) is 2. The minimum absolute atomic E-state index is 0.132. The minimum atomic E-state index is -1.12. The highest BCUT2D eigenvalue weighted by Gasteiger charge is 2.14. The monoisotopic (exact) mass is 242 g/mol. The van der Waals surface area contributed by atoms with Gasteiger partial charge in [-0.15, -0.1) is 0 Å². The van der Waals surface area contributed by atoms with Crippen LogP contribution >= 0.6 is 0 Å². The van der Waals surface area contributed by atoms with Gasteiger partial charge in [0, 0.05) is 6.07 Å². The molecule has 0 unspecified atom stereocenters. The first kappa shape index (κ1) is 13.1. The van der Waals surface area contributed by atoms with E-state index in [4.69, 9.17) is 19.8 Å². The predicted molar refractivity (Wildman–Crippen MR) is 58.5 cm³/mol. The lowest BCUT2D eigenvalue weighted by Crippen LogP contribution is -2.13. The van der Waals surface area contributed by atoms with Crippen molar-refractivity contribution >= 4 is 11.7 Å². The summed E-state index contributed by atoms with van der Waals surface area (Å²) in [6.45, 7) is 0. The number of hydrogen-bond donors (Lipinski definition) is 2. The first-order valence-electron chi connectivity index (χ1n) is 4.62. The van der Waals surface area contributed by atoms with Gasteiger partial charge in [-0.3, -0.25) is 10.0 Å². The molecule has 2 N–H and O–H groups in total. The summed E-state index contributed by atoms with van der Waals surface area (Å²) in [6.07, 6.45) is -0.408. The fourth-order valence-electron chi connectivity index (χ4n) is 1.39. The number of hydrogen-bond acceptors (Lipinski definition) is 6. The summed E-state index contributed by atoms with van der Waals surface area (Å²) in [5.41, 5.74) is -0.0577. The van der Waals surface area contributed by atoms with Crippen molar-refractivity contribution in [1.82, 2.24) is 0 Å². The van der Waals surface area contributed by atoms with Crippen LogP contribution in [0.15, 0.2) is 12.1 Å². The van der Waals surface area contributed by atoms with Crippen LogP contribution in [0.1, 0.15) is 5.56 Å². The SMILES string of the molecule is COc1cc(CC(=O)O)c(N([O-])O)cc1OC. The summed E-state index contributed by atoms with van der Waals surface area (Å²) in [6, 6.07) is 2.55. The summed E-state index contributed by atoms with van der Waals surface area (Å²) in [4.78, 5) is 10.6. The highest BCUT2D eigenvalue weighted by atomic mass is 16.8. The summed E-state index contributed by atoms with van der Waals surface area (Å²) < 4.78 is 9.91. The second-order valence-electron chi connectivity index (χ2n) is 3.18. The average molecular weight is 242 g/mol. The molecular weight excluding hydrogens is 230 g/mol. The Morgan fingerprint density at radius 3 is 2.29 bits per heavy atom.